The fraction of sp³-hybridized carbons (Fsp3) is 0.583. The number of anilines is 1. The molecule has 2 aromatic heterocycles. The van der Waals surface area contributed by atoms with E-state index >= 15 is 0 Å². The summed E-state index contributed by atoms with van der Waals surface area (Å²) in [5.41, 5.74) is 4.92. The van der Waals surface area contributed by atoms with Crippen LogP contribution in [0.25, 0.3) is 0 Å². The Labute approximate surface area is 220 Å². The topological polar surface area (TPSA) is 145 Å². The van der Waals surface area contributed by atoms with Crippen LogP contribution >= 0.6 is 22.7 Å². The van der Waals surface area contributed by atoms with Gasteiger partial charge in [-0.1, -0.05) is 20.8 Å². The van der Waals surface area contributed by atoms with Gasteiger partial charge < -0.3 is 25.8 Å². The normalized spacial score (nSPS) is 13.5. The Bertz CT molecular complexity index is 1050. The largest absolute Gasteiger partial charge is 0.411 e. The van der Waals surface area contributed by atoms with Crippen molar-refractivity contribution in [2.75, 3.05) is 11.9 Å². The van der Waals surface area contributed by atoms with Crippen LogP contribution in [0.1, 0.15) is 63.9 Å². The summed E-state index contributed by atoms with van der Waals surface area (Å²) in [7, 11) is 0. The third-order valence-electron chi connectivity index (χ3n) is 4.85. The molecule has 0 saturated heterocycles. The number of primary amides is 1. The quantitative estimate of drug-likeness (QED) is 0.328. The number of carbonyl (C=O) groups is 3. The predicted molar refractivity (Wildman–Crippen MR) is 142 cm³/mol. The smallest absolute Gasteiger partial charge is 0.392 e. The first kappa shape index (κ1) is 29.5. The van der Waals surface area contributed by atoms with Crippen LogP contribution in [0.3, 0.4) is 0 Å². The minimum absolute atomic E-state index is 0.135. The minimum atomic E-state index is -1.76. The number of ether oxygens (including phenoxy) is 2. The maximum atomic E-state index is 12.6. The fourth-order valence-electron chi connectivity index (χ4n) is 3.19. The Morgan fingerprint density at radius 2 is 1.64 bits per heavy atom. The van der Waals surface area contributed by atoms with Crippen molar-refractivity contribution in [1.82, 2.24) is 15.6 Å². The summed E-state index contributed by atoms with van der Waals surface area (Å²) in [4.78, 5) is 42.2. The summed E-state index contributed by atoms with van der Waals surface area (Å²) < 4.78 is 11.0. The molecule has 0 aliphatic rings. The van der Waals surface area contributed by atoms with Gasteiger partial charge >= 0.3 is 18.1 Å². The number of nitrogens with zero attached hydrogens (tertiary/aromatic N) is 1. The molecule has 200 valence electrons. The van der Waals surface area contributed by atoms with Gasteiger partial charge in [-0.3, -0.25) is 4.79 Å². The molecule has 10 nitrogen and oxygen atoms in total. The summed E-state index contributed by atoms with van der Waals surface area (Å²) in [6, 6.07) is 4.12. The van der Waals surface area contributed by atoms with Crippen LogP contribution in [0.15, 0.2) is 17.5 Å². The summed E-state index contributed by atoms with van der Waals surface area (Å²) >= 11 is 3.09. The van der Waals surface area contributed by atoms with Crippen molar-refractivity contribution in [3.05, 3.63) is 33.0 Å². The second-order valence-electron chi connectivity index (χ2n) is 10.4. The second kappa shape index (κ2) is 12.0. The third kappa shape index (κ3) is 9.40. The monoisotopic (exact) mass is 539 g/mol. The van der Waals surface area contributed by atoms with E-state index in [1.165, 1.54) is 23.1 Å². The molecule has 0 bridgehead atoms. The number of nitrogens with one attached hydrogen (secondary N) is 3. The standard InChI is InChI=1S/C24H37N5O5S2/c1-15(30)27-20-28-16(14-35-20)8-9-17-10-11-18(36-17)12-13-26-24(22(2,3)4,33-19(25)31)34-21(32)29-23(5,6)7/h10-11,14,26H,8-9,12-13H2,1-7H3,(H2,25,31)(H,29,32)(H,27,28,30). The molecule has 0 radical (unpaired) electrons. The van der Waals surface area contributed by atoms with Crippen LogP contribution < -0.4 is 21.7 Å². The highest BCUT2D eigenvalue weighted by Crippen LogP contribution is 2.33. The van der Waals surface area contributed by atoms with E-state index in [1.807, 2.05) is 32.2 Å². The van der Waals surface area contributed by atoms with Crippen molar-refractivity contribution in [3.8, 4) is 0 Å². The number of hydrogen-bond acceptors (Lipinski definition) is 9. The third-order valence-corrected chi connectivity index (χ3v) is 6.87. The maximum absolute atomic E-state index is 12.6. The average molecular weight is 540 g/mol. The first-order valence-corrected chi connectivity index (χ1v) is 13.3. The zero-order valence-electron chi connectivity index (χ0n) is 21.9. The number of thiazole rings is 1. The lowest BCUT2D eigenvalue weighted by molar-refractivity contribution is -0.243. The van der Waals surface area contributed by atoms with E-state index < -0.39 is 29.1 Å². The molecule has 1 unspecified atom stereocenters. The number of amides is 3. The van der Waals surface area contributed by atoms with Gasteiger partial charge in [0.2, 0.25) is 5.91 Å². The average Bonchev–Trinajstić information content (AvgIpc) is 3.32. The molecule has 0 fully saturated rings. The van der Waals surface area contributed by atoms with Crippen molar-refractivity contribution < 1.29 is 23.9 Å². The van der Waals surface area contributed by atoms with Crippen LogP contribution in [0.5, 0.6) is 0 Å². The summed E-state index contributed by atoms with van der Waals surface area (Å²) in [6.45, 7) is 12.6. The van der Waals surface area contributed by atoms with Crippen molar-refractivity contribution >= 4 is 45.9 Å². The predicted octanol–water partition coefficient (Wildman–Crippen LogP) is 4.40. The van der Waals surface area contributed by atoms with Crippen molar-refractivity contribution in [2.24, 2.45) is 11.1 Å². The minimum Gasteiger partial charge on any atom is -0.392 e. The SMILES string of the molecule is CC(=O)Nc1nc(CCc2ccc(CCNC(OC(N)=O)(OC(=O)NC(C)(C)C)C(C)(C)C)s2)cs1. The van der Waals surface area contributed by atoms with Gasteiger partial charge in [0.1, 0.15) is 0 Å². The molecule has 5 N–H and O–H groups in total. The summed E-state index contributed by atoms with van der Waals surface area (Å²) in [6.07, 6.45) is 0.438. The molecule has 0 aliphatic carbocycles. The Morgan fingerprint density at radius 1 is 1.00 bits per heavy atom. The highest BCUT2D eigenvalue weighted by atomic mass is 32.1. The lowest BCUT2D eigenvalue weighted by Gasteiger charge is -2.42. The van der Waals surface area contributed by atoms with Crippen molar-refractivity contribution in [2.45, 2.75) is 79.2 Å². The molecule has 0 aromatic carbocycles. The van der Waals surface area contributed by atoms with Gasteiger partial charge in [0.15, 0.2) is 5.13 Å². The number of alkyl carbamates (subject to hydrolysis) is 1. The van der Waals surface area contributed by atoms with Crippen LogP contribution in [0.4, 0.5) is 14.7 Å². The zero-order chi connectivity index (χ0) is 27.1. The number of aromatic nitrogens is 1. The first-order valence-electron chi connectivity index (χ1n) is 11.6. The number of carbonyl (C=O) groups excluding carboxylic acids is 3. The van der Waals surface area contributed by atoms with E-state index in [4.69, 9.17) is 15.2 Å². The van der Waals surface area contributed by atoms with E-state index in [2.05, 4.69) is 27.0 Å². The molecule has 1 atom stereocenters. The molecule has 3 amide bonds. The number of rotatable bonds is 10. The summed E-state index contributed by atoms with van der Waals surface area (Å²) in [5.74, 6) is -1.89. The van der Waals surface area contributed by atoms with Crippen LogP contribution in [-0.2, 0) is 33.5 Å². The fourth-order valence-corrected chi connectivity index (χ4v) is 5.00. The van der Waals surface area contributed by atoms with Gasteiger partial charge in [-0.25, -0.2) is 19.9 Å². The van der Waals surface area contributed by atoms with Crippen LogP contribution in [-0.4, -0.2) is 41.1 Å². The molecule has 2 aromatic rings. The molecule has 0 saturated carbocycles. The van der Waals surface area contributed by atoms with Crippen LogP contribution in [0, 0.1) is 5.41 Å². The second-order valence-corrected chi connectivity index (χ2v) is 12.5. The lowest BCUT2D eigenvalue weighted by Crippen LogP contribution is -2.63. The molecule has 2 heterocycles. The molecular formula is C24H37N5O5S2. The number of thiophene rings is 1. The number of nitrogens with two attached hydrogens (primary N) is 1. The van der Waals surface area contributed by atoms with Gasteiger partial charge in [0.25, 0.3) is 0 Å². The van der Waals surface area contributed by atoms with Gasteiger partial charge in [-0.2, -0.15) is 0 Å². The lowest BCUT2D eigenvalue weighted by atomic mass is 9.90. The van der Waals surface area contributed by atoms with Gasteiger partial charge in [-0.15, -0.1) is 22.7 Å². The van der Waals surface area contributed by atoms with E-state index in [1.54, 1.807) is 32.1 Å². The number of aryl methyl sites for hydroxylation is 2. The van der Waals surface area contributed by atoms with E-state index in [0.29, 0.717) is 18.1 Å². The Hall–Kier alpha value is -2.70. The molecule has 0 spiro atoms. The molecular weight excluding hydrogens is 502 g/mol. The molecule has 0 aliphatic heterocycles. The highest BCUT2D eigenvalue weighted by Gasteiger charge is 2.50. The first-order chi connectivity index (χ1) is 16.6. The van der Waals surface area contributed by atoms with Crippen molar-refractivity contribution in [1.29, 1.82) is 0 Å². The Morgan fingerprint density at radius 3 is 2.19 bits per heavy atom. The Balaban J connectivity index is 2.00. The van der Waals surface area contributed by atoms with Gasteiger partial charge in [0, 0.05) is 34.1 Å². The van der Waals surface area contributed by atoms with E-state index in [-0.39, 0.29) is 5.91 Å². The van der Waals surface area contributed by atoms with E-state index in [9.17, 15) is 14.4 Å². The summed E-state index contributed by atoms with van der Waals surface area (Å²) in [5, 5.41) is 11.1. The van der Waals surface area contributed by atoms with Crippen LogP contribution in [0.2, 0.25) is 0 Å². The van der Waals surface area contributed by atoms with Gasteiger partial charge in [0.05, 0.1) is 11.1 Å². The molecule has 36 heavy (non-hydrogen) atoms. The van der Waals surface area contributed by atoms with Gasteiger partial charge in [-0.05, 0) is 52.2 Å². The Kier molecular flexibility index (Phi) is 9.86. The molecule has 2 rings (SSSR count). The zero-order valence-corrected chi connectivity index (χ0v) is 23.6. The van der Waals surface area contributed by atoms with E-state index in [0.717, 1.165) is 23.4 Å². The highest BCUT2D eigenvalue weighted by molar-refractivity contribution is 7.14. The molecule has 12 heteroatoms. The maximum Gasteiger partial charge on any atom is 0.411 e. The number of hydrogen-bond donors (Lipinski definition) is 4. The van der Waals surface area contributed by atoms with Crippen molar-refractivity contribution in [3.63, 3.8) is 0 Å².